The van der Waals surface area contributed by atoms with Crippen molar-refractivity contribution in [1.82, 2.24) is 25.3 Å². The van der Waals surface area contributed by atoms with E-state index in [0.717, 1.165) is 55.6 Å². The molecule has 29 heavy (non-hydrogen) atoms. The number of thioether (sulfide) groups is 1. The van der Waals surface area contributed by atoms with Crippen LogP contribution in [-0.4, -0.2) is 68.7 Å². The SMILES string of the molecule is O=C(c1cccnc1)[C@@H]1CCCN(c2nc3nonc3nc2N2CCSCC2)C1. The van der Waals surface area contributed by atoms with Crippen LogP contribution in [0.4, 0.5) is 11.6 Å². The van der Waals surface area contributed by atoms with Crippen LogP contribution in [0.15, 0.2) is 29.2 Å². The Labute approximate surface area is 171 Å². The molecular formula is C19H21N7O2S. The van der Waals surface area contributed by atoms with Crippen molar-refractivity contribution in [3.8, 4) is 0 Å². The molecule has 5 heterocycles. The Bertz CT molecular complexity index is 1010. The summed E-state index contributed by atoms with van der Waals surface area (Å²) >= 11 is 1.94. The maximum atomic E-state index is 13.0. The summed E-state index contributed by atoms with van der Waals surface area (Å²) in [6, 6.07) is 3.63. The van der Waals surface area contributed by atoms with Gasteiger partial charge in [-0.05, 0) is 35.3 Å². The van der Waals surface area contributed by atoms with Crippen molar-refractivity contribution in [3.05, 3.63) is 30.1 Å². The summed E-state index contributed by atoms with van der Waals surface area (Å²) < 4.78 is 4.84. The van der Waals surface area contributed by atoms with Crippen LogP contribution < -0.4 is 9.80 Å². The van der Waals surface area contributed by atoms with E-state index in [0.29, 0.717) is 23.4 Å². The highest BCUT2D eigenvalue weighted by Crippen LogP contribution is 2.32. The van der Waals surface area contributed by atoms with Gasteiger partial charge in [-0.1, -0.05) is 0 Å². The van der Waals surface area contributed by atoms with E-state index < -0.39 is 0 Å². The normalized spacial score (nSPS) is 20.2. The molecule has 0 N–H and O–H groups in total. The van der Waals surface area contributed by atoms with Gasteiger partial charge in [-0.15, -0.1) is 0 Å². The minimum atomic E-state index is -0.0920. The van der Waals surface area contributed by atoms with Crippen molar-refractivity contribution in [1.29, 1.82) is 0 Å². The number of fused-ring (bicyclic) bond motifs is 1. The summed E-state index contributed by atoms with van der Waals surface area (Å²) in [6.07, 6.45) is 5.11. The van der Waals surface area contributed by atoms with Gasteiger partial charge in [0.1, 0.15) is 0 Å². The van der Waals surface area contributed by atoms with Crippen molar-refractivity contribution in [2.24, 2.45) is 5.92 Å². The molecule has 3 aromatic heterocycles. The van der Waals surface area contributed by atoms with Crippen molar-refractivity contribution in [2.75, 3.05) is 47.5 Å². The number of nitrogens with zero attached hydrogens (tertiary/aromatic N) is 7. The van der Waals surface area contributed by atoms with Crippen molar-refractivity contribution in [3.63, 3.8) is 0 Å². The first-order valence-corrected chi connectivity index (χ1v) is 11.0. The second-order valence-electron chi connectivity index (χ2n) is 7.27. The van der Waals surface area contributed by atoms with Gasteiger partial charge >= 0.3 is 0 Å². The first-order chi connectivity index (χ1) is 14.3. The lowest BCUT2D eigenvalue weighted by Gasteiger charge is -2.36. The molecule has 1 atom stereocenters. The van der Waals surface area contributed by atoms with Gasteiger partial charge in [-0.2, -0.15) is 11.8 Å². The van der Waals surface area contributed by atoms with Crippen molar-refractivity contribution >= 4 is 40.5 Å². The molecule has 2 fully saturated rings. The summed E-state index contributed by atoms with van der Waals surface area (Å²) in [5.41, 5.74) is 1.48. The third-order valence-electron chi connectivity index (χ3n) is 5.43. The second kappa shape index (κ2) is 7.94. The first-order valence-electron chi connectivity index (χ1n) is 9.82. The minimum Gasteiger partial charge on any atom is -0.353 e. The van der Waals surface area contributed by atoms with Gasteiger partial charge in [0, 0.05) is 61.6 Å². The lowest BCUT2D eigenvalue weighted by atomic mass is 9.90. The smallest absolute Gasteiger partial charge is 0.245 e. The van der Waals surface area contributed by atoms with Crippen LogP contribution in [-0.2, 0) is 0 Å². The summed E-state index contributed by atoms with van der Waals surface area (Å²) in [6.45, 7) is 3.26. The molecule has 5 rings (SSSR count). The molecule has 2 aliphatic heterocycles. The molecular weight excluding hydrogens is 390 g/mol. The number of carbonyl (C=O) groups is 1. The Morgan fingerprint density at radius 3 is 2.55 bits per heavy atom. The number of piperidine rings is 1. The lowest BCUT2D eigenvalue weighted by molar-refractivity contribution is 0.0906. The van der Waals surface area contributed by atoms with Crippen LogP contribution in [0.2, 0.25) is 0 Å². The average Bonchev–Trinajstić information content (AvgIpc) is 3.27. The quantitative estimate of drug-likeness (QED) is 0.593. The monoisotopic (exact) mass is 411 g/mol. The number of hydrogen-bond acceptors (Lipinski definition) is 10. The molecule has 2 saturated heterocycles. The average molecular weight is 411 g/mol. The lowest BCUT2D eigenvalue weighted by Crippen LogP contribution is -2.41. The van der Waals surface area contributed by atoms with Crippen LogP contribution in [0.25, 0.3) is 11.3 Å². The Hall–Kier alpha value is -2.75. The molecule has 2 aliphatic rings. The van der Waals surface area contributed by atoms with Gasteiger partial charge in [0.25, 0.3) is 0 Å². The van der Waals surface area contributed by atoms with E-state index in [1.165, 1.54) is 0 Å². The molecule has 10 heteroatoms. The summed E-state index contributed by atoms with van der Waals surface area (Å²) in [5, 5.41) is 7.75. The molecule has 9 nitrogen and oxygen atoms in total. The molecule has 150 valence electrons. The maximum absolute atomic E-state index is 13.0. The Kier molecular flexibility index (Phi) is 5.01. The molecule has 3 aromatic rings. The van der Waals surface area contributed by atoms with E-state index in [4.69, 9.17) is 14.6 Å². The summed E-state index contributed by atoms with van der Waals surface area (Å²) in [4.78, 5) is 30.9. The number of rotatable bonds is 4. The highest BCUT2D eigenvalue weighted by molar-refractivity contribution is 7.99. The fourth-order valence-corrected chi connectivity index (χ4v) is 4.85. The number of pyridine rings is 1. The number of anilines is 2. The van der Waals surface area contributed by atoms with Crippen LogP contribution in [0, 0.1) is 5.92 Å². The molecule has 0 bridgehead atoms. The van der Waals surface area contributed by atoms with Gasteiger partial charge < -0.3 is 9.80 Å². The molecule has 0 spiro atoms. The third-order valence-corrected chi connectivity index (χ3v) is 6.37. The largest absolute Gasteiger partial charge is 0.353 e. The van der Waals surface area contributed by atoms with Crippen LogP contribution in [0.1, 0.15) is 23.2 Å². The summed E-state index contributed by atoms with van der Waals surface area (Å²) in [7, 11) is 0. The van der Waals surface area contributed by atoms with E-state index in [9.17, 15) is 4.79 Å². The zero-order valence-electron chi connectivity index (χ0n) is 15.9. The van der Waals surface area contributed by atoms with Crippen molar-refractivity contribution < 1.29 is 9.42 Å². The van der Waals surface area contributed by atoms with Gasteiger partial charge in [0.2, 0.25) is 11.3 Å². The number of ketones is 1. The van der Waals surface area contributed by atoms with Crippen LogP contribution in [0.5, 0.6) is 0 Å². The summed E-state index contributed by atoms with van der Waals surface area (Å²) in [5.74, 6) is 3.73. The van der Waals surface area contributed by atoms with E-state index in [-0.39, 0.29) is 11.7 Å². The minimum absolute atomic E-state index is 0.0920. The second-order valence-corrected chi connectivity index (χ2v) is 8.50. The molecule has 0 radical (unpaired) electrons. The molecule has 0 unspecified atom stereocenters. The first kappa shape index (κ1) is 18.3. The predicted octanol–water partition coefficient (Wildman–Crippen LogP) is 2.06. The topological polar surface area (TPSA) is 101 Å². The van der Waals surface area contributed by atoms with Gasteiger partial charge in [-0.25, -0.2) is 14.6 Å². The number of hydrogen-bond donors (Lipinski definition) is 0. The van der Waals surface area contributed by atoms with E-state index in [2.05, 4.69) is 25.1 Å². The van der Waals surface area contributed by atoms with E-state index >= 15 is 0 Å². The predicted molar refractivity (Wildman–Crippen MR) is 110 cm³/mol. The zero-order chi connectivity index (χ0) is 19.6. The zero-order valence-corrected chi connectivity index (χ0v) is 16.7. The highest BCUT2D eigenvalue weighted by atomic mass is 32.2. The van der Waals surface area contributed by atoms with Gasteiger partial charge in [0.05, 0.1) is 0 Å². The van der Waals surface area contributed by atoms with E-state index in [1.807, 2.05) is 17.8 Å². The van der Waals surface area contributed by atoms with E-state index in [1.54, 1.807) is 18.5 Å². The standard InChI is InChI=1S/C19H21N7O2S/c27-15(13-3-1-5-20-11-13)14-4-2-6-26(12-14)19-18(25-7-9-29-10-8-25)21-16-17(22-19)24-28-23-16/h1,3,5,11,14H,2,4,6-10,12H2/t14-/m1/s1. The van der Waals surface area contributed by atoms with Gasteiger partial charge in [0.15, 0.2) is 17.4 Å². The Morgan fingerprint density at radius 2 is 1.83 bits per heavy atom. The molecule has 0 amide bonds. The van der Waals surface area contributed by atoms with Crippen LogP contribution in [0.3, 0.4) is 0 Å². The number of aromatic nitrogens is 5. The fourth-order valence-electron chi connectivity index (χ4n) is 3.95. The number of Topliss-reactive ketones (excluding diaryl/α,β-unsaturated/α-hetero) is 1. The van der Waals surface area contributed by atoms with Gasteiger partial charge in [-0.3, -0.25) is 9.78 Å². The van der Waals surface area contributed by atoms with Crippen LogP contribution >= 0.6 is 11.8 Å². The molecule has 0 aliphatic carbocycles. The third kappa shape index (κ3) is 3.64. The molecule has 0 aromatic carbocycles. The molecule has 0 saturated carbocycles. The Morgan fingerprint density at radius 1 is 1.07 bits per heavy atom. The maximum Gasteiger partial charge on any atom is 0.245 e. The number of carbonyl (C=O) groups excluding carboxylic acids is 1. The fraction of sp³-hybridized carbons (Fsp3) is 0.474. The van der Waals surface area contributed by atoms with Crippen molar-refractivity contribution in [2.45, 2.75) is 12.8 Å². The Balaban J connectivity index is 1.46. The highest BCUT2D eigenvalue weighted by Gasteiger charge is 2.31.